The molecule has 0 saturated carbocycles. The molecule has 2 aromatic rings. The summed E-state index contributed by atoms with van der Waals surface area (Å²) < 4.78 is 32.2. The topological polar surface area (TPSA) is 76.3 Å². The third kappa shape index (κ3) is 2.66. The molecule has 3 rings (SSSR count). The van der Waals surface area contributed by atoms with Gasteiger partial charge in [-0.3, -0.25) is 0 Å². The number of aromatic nitrogens is 2. The average molecular weight is 321 g/mol. The molecule has 0 amide bonds. The Bertz CT molecular complexity index is 777. The Morgan fingerprint density at radius 1 is 1.27 bits per heavy atom. The van der Waals surface area contributed by atoms with Crippen LogP contribution >= 0.6 is 0 Å². The van der Waals surface area contributed by atoms with E-state index in [0.29, 0.717) is 41.7 Å². The molecule has 1 aromatic carbocycles. The molecule has 2 heterocycles. The zero-order valence-electron chi connectivity index (χ0n) is 12.7. The molecular formula is C15H19N3O3S. The highest BCUT2D eigenvalue weighted by molar-refractivity contribution is 7.89. The Kier molecular flexibility index (Phi) is 4.01. The highest BCUT2D eigenvalue weighted by atomic mass is 32.2. The van der Waals surface area contributed by atoms with Crippen molar-refractivity contribution in [2.45, 2.75) is 38.0 Å². The van der Waals surface area contributed by atoms with Crippen molar-refractivity contribution >= 4 is 10.0 Å². The fourth-order valence-electron chi connectivity index (χ4n) is 2.60. The molecule has 118 valence electrons. The molecule has 1 aliphatic rings. The molecule has 1 saturated heterocycles. The summed E-state index contributed by atoms with van der Waals surface area (Å²) in [5, 5.41) is 3.91. The number of benzene rings is 1. The highest BCUT2D eigenvalue weighted by Gasteiger charge is 2.29. The largest absolute Gasteiger partial charge is 0.339 e. The van der Waals surface area contributed by atoms with Crippen LogP contribution in [0.1, 0.15) is 31.2 Å². The maximum Gasteiger partial charge on any atom is 0.243 e. The lowest BCUT2D eigenvalue weighted by atomic mass is 10.1. The van der Waals surface area contributed by atoms with E-state index in [0.717, 1.165) is 18.4 Å². The SMILES string of the molecule is CCc1nc(-c2ccc(C)c(S(=O)(=O)N3CCCC3)c2)no1. The van der Waals surface area contributed by atoms with Gasteiger partial charge in [-0.1, -0.05) is 24.2 Å². The zero-order valence-corrected chi connectivity index (χ0v) is 13.6. The first-order valence-corrected chi connectivity index (χ1v) is 8.90. The number of hydrogen-bond donors (Lipinski definition) is 0. The van der Waals surface area contributed by atoms with Gasteiger partial charge in [-0.2, -0.15) is 9.29 Å². The van der Waals surface area contributed by atoms with Gasteiger partial charge in [-0.05, 0) is 31.4 Å². The molecule has 0 bridgehead atoms. The van der Waals surface area contributed by atoms with Crippen molar-refractivity contribution in [3.8, 4) is 11.4 Å². The van der Waals surface area contributed by atoms with Gasteiger partial charge in [0.05, 0.1) is 4.90 Å². The van der Waals surface area contributed by atoms with Crippen LogP contribution in [0.25, 0.3) is 11.4 Å². The smallest absolute Gasteiger partial charge is 0.243 e. The Hall–Kier alpha value is -1.73. The molecule has 0 spiro atoms. The van der Waals surface area contributed by atoms with E-state index in [1.165, 1.54) is 0 Å². The Morgan fingerprint density at radius 3 is 2.64 bits per heavy atom. The normalized spacial score (nSPS) is 16.3. The average Bonchev–Trinajstić information content (AvgIpc) is 3.19. The minimum absolute atomic E-state index is 0.328. The molecule has 1 aliphatic heterocycles. The van der Waals surface area contributed by atoms with Crippen molar-refractivity contribution in [2.24, 2.45) is 0 Å². The molecule has 1 fully saturated rings. The third-order valence-corrected chi connectivity index (χ3v) is 5.94. The molecule has 0 atom stereocenters. The van der Waals surface area contributed by atoms with E-state index >= 15 is 0 Å². The second-order valence-electron chi connectivity index (χ2n) is 5.46. The van der Waals surface area contributed by atoms with Gasteiger partial charge in [-0.25, -0.2) is 8.42 Å². The summed E-state index contributed by atoms with van der Waals surface area (Å²) in [5.41, 5.74) is 1.39. The molecular weight excluding hydrogens is 302 g/mol. The summed E-state index contributed by atoms with van der Waals surface area (Å²) in [6.07, 6.45) is 2.49. The van der Waals surface area contributed by atoms with Crippen LogP contribution in [0.3, 0.4) is 0 Å². The minimum atomic E-state index is -3.45. The van der Waals surface area contributed by atoms with Gasteiger partial charge in [0.25, 0.3) is 0 Å². The Morgan fingerprint density at radius 2 is 2.00 bits per heavy atom. The lowest BCUT2D eigenvalue weighted by Gasteiger charge is -2.17. The van der Waals surface area contributed by atoms with Crippen molar-refractivity contribution in [3.63, 3.8) is 0 Å². The van der Waals surface area contributed by atoms with Gasteiger partial charge >= 0.3 is 0 Å². The lowest BCUT2D eigenvalue weighted by molar-refractivity contribution is 0.383. The lowest BCUT2D eigenvalue weighted by Crippen LogP contribution is -2.28. The number of hydrogen-bond acceptors (Lipinski definition) is 5. The fraction of sp³-hybridized carbons (Fsp3) is 0.467. The van der Waals surface area contributed by atoms with Crippen LogP contribution in [-0.2, 0) is 16.4 Å². The molecule has 0 aliphatic carbocycles. The molecule has 6 nitrogen and oxygen atoms in total. The summed E-state index contributed by atoms with van der Waals surface area (Å²) in [5.74, 6) is 0.967. The summed E-state index contributed by atoms with van der Waals surface area (Å²) in [7, 11) is -3.45. The molecule has 22 heavy (non-hydrogen) atoms. The van der Waals surface area contributed by atoms with Crippen molar-refractivity contribution in [1.29, 1.82) is 0 Å². The van der Waals surface area contributed by atoms with Gasteiger partial charge in [0, 0.05) is 25.1 Å². The van der Waals surface area contributed by atoms with Gasteiger partial charge in [-0.15, -0.1) is 0 Å². The van der Waals surface area contributed by atoms with Crippen LogP contribution in [0, 0.1) is 6.92 Å². The first-order chi connectivity index (χ1) is 10.5. The maximum absolute atomic E-state index is 12.8. The van der Waals surface area contributed by atoms with Crippen molar-refractivity contribution < 1.29 is 12.9 Å². The van der Waals surface area contributed by atoms with E-state index < -0.39 is 10.0 Å². The van der Waals surface area contributed by atoms with Crippen molar-refractivity contribution in [2.75, 3.05) is 13.1 Å². The Balaban J connectivity index is 2.03. The van der Waals surface area contributed by atoms with Crippen molar-refractivity contribution in [1.82, 2.24) is 14.4 Å². The van der Waals surface area contributed by atoms with Crippen LogP contribution in [-0.4, -0.2) is 36.0 Å². The quantitative estimate of drug-likeness (QED) is 0.864. The maximum atomic E-state index is 12.8. The molecule has 0 unspecified atom stereocenters. The van der Waals surface area contributed by atoms with E-state index in [9.17, 15) is 8.42 Å². The molecule has 7 heteroatoms. The van der Waals surface area contributed by atoms with Gasteiger partial charge in [0.1, 0.15) is 0 Å². The predicted octanol–water partition coefficient (Wildman–Crippen LogP) is 2.39. The first kappa shape index (κ1) is 15.2. The highest BCUT2D eigenvalue weighted by Crippen LogP contribution is 2.27. The standard InChI is InChI=1S/C15H19N3O3S/c1-3-14-16-15(17-21-14)12-7-6-11(2)13(10-12)22(19,20)18-8-4-5-9-18/h6-7,10H,3-5,8-9H2,1-2H3. The van der Waals surface area contributed by atoms with Crippen LogP contribution in [0.4, 0.5) is 0 Å². The van der Waals surface area contributed by atoms with Gasteiger partial charge < -0.3 is 4.52 Å². The fourth-order valence-corrected chi connectivity index (χ4v) is 4.37. The van der Waals surface area contributed by atoms with Crippen LogP contribution < -0.4 is 0 Å². The second kappa shape index (κ2) is 5.81. The minimum Gasteiger partial charge on any atom is -0.339 e. The zero-order chi connectivity index (χ0) is 15.7. The van der Waals surface area contributed by atoms with E-state index in [2.05, 4.69) is 10.1 Å². The van der Waals surface area contributed by atoms with E-state index in [-0.39, 0.29) is 0 Å². The van der Waals surface area contributed by atoms with Gasteiger partial charge in [0.2, 0.25) is 21.7 Å². The van der Waals surface area contributed by atoms with E-state index in [1.807, 2.05) is 13.0 Å². The number of aryl methyl sites for hydroxylation is 2. The first-order valence-electron chi connectivity index (χ1n) is 7.46. The van der Waals surface area contributed by atoms with Gasteiger partial charge in [0.15, 0.2) is 0 Å². The third-order valence-electron chi connectivity index (χ3n) is 3.90. The number of nitrogens with zero attached hydrogens (tertiary/aromatic N) is 3. The molecule has 0 N–H and O–H groups in total. The number of sulfonamides is 1. The molecule has 1 aromatic heterocycles. The Labute approximate surface area is 130 Å². The monoisotopic (exact) mass is 321 g/mol. The summed E-state index contributed by atoms with van der Waals surface area (Å²) in [6, 6.07) is 5.26. The molecule has 0 radical (unpaired) electrons. The van der Waals surface area contributed by atoms with Crippen LogP contribution in [0.5, 0.6) is 0 Å². The van der Waals surface area contributed by atoms with E-state index in [4.69, 9.17) is 4.52 Å². The second-order valence-corrected chi connectivity index (χ2v) is 7.36. The van der Waals surface area contributed by atoms with Crippen LogP contribution in [0.15, 0.2) is 27.6 Å². The summed E-state index contributed by atoms with van der Waals surface area (Å²) >= 11 is 0. The van der Waals surface area contributed by atoms with Crippen LogP contribution in [0.2, 0.25) is 0 Å². The summed E-state index contributed by atoms with van der Waals surface area (Å²) in [6.45, 7) is 4.92. The number of rotatable bonds is 4. The predicted molar refractivity (Wildman–Crippen MR) is 81.8 cm³/mol. The van der Waals surface area contributed by atoms with Crippen molar-refractivity contribution in [3.05, 3.63) is 29.7 Å². The van der Waals surface area contributed by atoms with E-state index in [1.54, 1.807) is 23.4 Å². The summed E-state index contributed by atoms with van der Waals surface area (Å²) in [4.78, 5) is 4.59.